The largest absolute Gasteiger partial charge is 0.302 e. The maximum Gasteiger partial charge on any atom is 0.260 e. The Bertz CT molecular complexity index is 1010. The number of hydrogen-bond acceptors (Lipinski definition) is 4. The van der Waals surface area contributed by atoms with Crippen molar-refractivity contribution in [2.24, 2.45) is 0 Å². The second kappa shape index (κ2) is 9.43. The zero-order valence-corrected chi connectivity index (χ0v) is 19.5. The van der Waals surface area contributed by atoms with E-state index in [0.29, 0.717) is 27.3 Å². The fourth-order valence-electron chi connectivity index (χ4n) is 3.23. The van der Waals surface area contributed by atoms with Crippen molar-refractivity contribution in [2.45, 2.75) is 27.7 Å². The Hall–Kier alpha value is -1.66. The number of anilines is 1. The predicted molar refractivity (Wildman–Crippen MR) is 125 cm³/mol. The lowest BCUT2D eigenvalue weighted by Gasteiger charge is -2.25. The van der Waals surface area contributed by atoms with Gasteiger partial charge in [-0.25, -0.2) is 4.98 Å². The van der Waals surface area contributed by atoms with Crippen molar-refractivity contribution in [3.8, 4) is 0 Å². The molecule has 0 N–H and O–H groups in total. The van der Waals surface area contributed by atoms with Gasteiger partial charge in [-0.1, -0.05) is 54.5 Å². The molecule has 3 aromatic rings. The van der Waals surface area contributed by atoms with Crippen molar-refractivity contribution in [1.82, 2.24) is 9.88 Å². The number of carbonyl (C=O) groups excluding carboxylic acids is 1. The van der Waals surface area contributed by atoms with Gasteiger partial charge < -0.3 is 4.90 Å². The van der Waals surface area contributed by atoms with Crippen molar-refractivity contribution < 1.29 is 4.79 Å². The summed E-state index contributed by atoms with van der Waals surface area (Å²) in [6, 6.07) is 9.11. The summed E-state index contributed by atoms with van der Waals surface area (Å²) >= 11 is 13.8. The molecule has 2 aromatic carbocycles. The Labute approximate surface area is 186 Å². The number of amides is 1. The Kier molecular flexibility index (Phi) is 7.17. The SMILES string of the molecule is CCN(CC)CCN(C(=O)c1cc(Cl)cc(Cl)c1)c1nc2c(C)c(C)ccc2s1. The van der Waals surface area contributed by atoms with Crippen LogP contribution in [0.1, 0.15) is 35.3 Å². The minimum atomic E-state index is -0.144. The number of benzene rings is 2. The Morgan fingerprint density at radius 3 is 2.31 bits per heavy atom. The number of aromatic nitrogens is 1. The van der Waals surface area contributed by atoms with Crippen molar-refractivity contribution in [2.75, 3.05) is 31.1 Å². The second-order valence-electron chi connectivity index (χ2n) is 6.99. The van der Waals surface area contributed by atoms with Gasteiger partial charge in [0.1, 0.15) is 0 Å². The molecule has 3 rings (SSSR count). The monoisotopic (exact) mass is 449 g/mol. The Morgan fingerprint density at radius 2 is 1.69 bits per heavy atom. The van der Waals surface area contributed by atoms with Gasteiger partial charge in [-0.05, 0) is 62.3 Å². The van der Waals surface area contributed by atoms with E-state index in [1.165, 1.54) is 16.9 Å². The number of fused-ring (bicyclic) bond motifs is 1. The van der Waals surface area contributed by atoms with Gasteiger partial charge in [0.2, 0.25) is 0 Å². The third kappa shape index (κ3) is 4.92. The molecular formula is C22H25Cl2N3OS. The molecule has 1 aromatic heterocycles. The molecule has 7 heteroatoms. The fraction of sp³-hybridized carbons (Fsp3) is 0.364. The lowest BCUT2D eigenvalue weighted by Crippen LogP contribution is -2.38. The molecule has 0 fully saturated rings. The topological polar surface area (TPSA) is 36.4 Å². The molecule has 0 aliphatic carbocycles. The molecule has 0 atom stereocenters. The highest BCUT2D eigenvalue weighted by Crippen LogP contribution is 2.33. The smallest absolute Gasteiger partial charge is 0.260 e. The van der Waals surface area contributed by atoms with E-state index in [1.807, 2.05) is 0 Å². The normalized spacial score (nSPS) is 11.4. The van der Waals surface area contributed by atoms with E-state index in [4.69, 9.17) is 28.2 Å². The summed E-state index contributed by atoms with van der Waals surface area (Å²) in [7, 11) is 0. The zero-order valence-electron chi connectivity index (χ0n) is 17.1. The molecule has 154 valence electrons. The number of carbonyl (C=O) groups is 1. The molecule has 0 unspecified atom stereocenters. The van der Waals surface area contributed by atoms with Crippen LogP contribution in [0.15, 0.2) is 30.3 Å². The van der Waals surface area contributed by atoms with Crippen molar-refractivity contribution >= 4 is 55.8 Å². The number of rotatable bonds is 7. The number of halogens is 2. The highest BCUT2D eigenvalue weighted by atomic mass is 35.5. The molecule has 0 saturated heterocycles. The molecule has 1 amide bonds. The Morgan fingerprint density at radius 1 is 1.03 bits per heavy atom. The molecule has 0 aliphatic rings. The molecule has 0 saturated carbocycles. The minimum Gasteiger partial charge on any atom is -0.302 e. The third-order valence-corrected chi connectivity index (χ3v) is 6.67. The molecule has 0 radical (unpaired) electrons. The van der Waals surface area contributed by atoms with Crippen molar-refractivity contribution in [1.29, 1.82) is 0 Å². The first-order valence-corrected chi connectivity index (χ1v) is 11.3. The highest BCUT2D eigenvalue weighted by molar-refractivity contribution is 7.22. The van der Waals surface area contributed by atoms with Crippen LogP contribution in [0, 0.1) is 13.8 Å². The molecule has 29 heavy (non-hydrogen) atoms. The molecule has 0 bridgehead atoms. The van der Waals surface area contributed by atoms with Crippen LogP contribution in [0.3, 0.4) is 0 Å². The summed E-state index contributed by atoms with van der Waals surface area (Å²) in [5.74, 6) is -0.144. The van der Waals surface area contributed by atoms with E-state index < -0.39 is 0 Å². The first kappa shape index (κ1) is 22.0. The quantitative estimate of drug-likeness (QED) is 0.430. The van der Waals surface area contributed by atoms with E-state index in [9.17, 15) is 4.79 Å². The Balaban J connectivity index is 2.02. The van der Waals surface area contributed by atoms with Crippen LogP contribution in [0.4, 0.5) is 5.13 Å². The van der Waals surface area contributed by atoms with E-state index in [2.05, 4.69) is 44.7 Å². The lowest BCUT2D eigenvalue weighted by molar-refractivity contribution is 0.0984. The van der Waals surface area contributed by atoms with Crippen LogP contribution in [0.5, 0.6) is 0 Å². The summed E-state index contributed by atoms with van der Waals surface area (Å²) in [6.45, 7) is 11.6. The number of nitrogens with zero attached hydrogens (tertiary/aromatic N) is 3. The number of hydrogen-bond donors (Lipinski definition) is 0. The zero-order chi connectivity index (χ0) is 21.1. The summed E-state index contributed by atoms with van der Waals surface area (Å²) in [4.78, 5) is 22.3. The first-order valence-electron chi connectivity index (χ1n) is 9.71. The van der Waals surface area contributed by atoms with Gasteiger partial charge in [-0.15, -0.1) is 0 Å². The summed E-state index contributed by atoms with van der Waals surface area (Å²) < 4.78 is 1.08. The van der Waals surface area contributed by atoms with Crippen LogP contribution >= 0.6 is 34.5 Å². The molecular weight excluding hydrogens is 425 g/mol. The lowest BCUT2D eigenvalue weighted by atomic mass is 10.1. The highest BCUT2D eigenvalue weighted by Gasteiger charge is 2.23. The van der Waals surface area contributed by atoms with E-state index >= 15 is 0 Å². The van der Waals surface area contributed by atoms with Crippen LogP contribution in [0.2, 0.25) is 10.0 Å². The number of aryl methyl sites for hydroxylation is 2. The van der Waals surface area contributed by atoms with Gasteiger partial charge in [-0.3, -0.25) is 9.69 Å². The summed E-state index contributed by atoms with van der Waals surface area (Å²) in [5.41, 5.74) is 3.76. The molecule has 4 nitrogen and oxygen atoms in total. The minimum absolute atomic E-state index is 0.144. The van der Waals surface area contributed by atoms with Gasteiger partial charge >= 0.3 is 0 Å². The summed E-state index contributed by atoms with van der Waals surface area (Å²) in [6.07, 6.45) is 0. The van der Waals surface area contributed by atoms with Gasteiger partial charge in [-0.2, -0.15) is 0 Å². The van der Waals surface area contributed by atoms with Gasteiger partial charge in [0.15, 0.2) is 5.13 Å². The first-order chi connectivity index (χ1) is 13.8. The molecule has 0 aliphatic heterocycles. The van der Waals surface area contributed by atoms with Crippen molar-refractivity contribution in [3.63, 3.8) is 0 Å². The summed E-state index contributed by atoms with van der Waals surface area (Å²) in [5, 5.41) is 1.59. The maximum atomic E-state index is 13.4. The number of likely N-dealkylation sites (N-methyl/N-ethyl adjacent to an activating group) is 1. The average molecular weight is 450 g/mol. The van der Waals surface area contributed by atoms with E-state index in [1.54, 1.807) is 23.1 Å². The average Bonchev–Trinajstić information content (AvgIpc) is 3.12. The standard InChI is InChI=1S/C22H25Cl2N3OS/c1-5-26(6-2)9-10-27(21(28)16-11-17(23)13-18(24)12-16)22-25-20-15(4)14(3)7-8-19(20)29-22/h7-8,11-13H,5-6,9-10H2,1-4H3. The van der Waals surface area contributed by atoms with Crippen LogP contribution in [-0.4, -0.2) is 42.0 Å². The van der Waals surface area contributed by atoms with E-state index in [-0.39, 0.29) is 5.91 Å². The van der Waals surface area contributed by atoms with Crippen LogP contribution in [0.25, 0.3) is 10.2 Å². The van der Waals surface area contributed by atoms with Crippen molar-refractivity contribution in [3.05, 3.63) is 57.1 Å². The molecule has 0 spiro atoms. The van der Waals surface area contributed by atoms with E-state index in [0.717, 1.165) is 35.4 Å². The van der Waals surface area contributed by atoms with Gasteiger partial charge in [0, 0.05) is 28.7 Å². The van der Waals surface area contributed by atoms with Crippen LogP contribution in [-0.2, 0) is 0 Å². The fourth-order valence-corrected chi connectivity index (χ4v) is 4.80. The predicted octanol–water partition coefficient (Wildman–Crippen LogP) is 6.21. The maximum absolute atomic E-state index is 13.4. The van der Waals surface area contributed by atoms with Gasteiger partial charge in [0.25, 0.3) is 5.91 Å². The van der Waals surface area contributed by atoms with Crippen LogP contribution < -0.4 is 4.90 Å². The second-order valence-corrected chi connectivity index (χ2v) is 8.87. The number of thiazole rings is 1. The molecule has 1 heterocycles. The van der Waals surface area contributed by atoms with Gasteiger partial charge in [0.05, 0.1) is 10.2 Å². The third-order valence-electron chi connectivity index (χ3n) is 5.19.